The van der Waals surface area contributed by atoms with E-state index in [4.69, 9.17) is 9.47 Å². The lowest BCUT2D eigenvalue weighted by Gasteiger charge is -2.36. The second kappa shape index (κ2) is 10.5. The highest BCUT2D eigenvalue weighted by Crippen LogP contribution is 2.40. The lowest BCUT2D eigenvalue weighted by atomic mass is 9.84. The van der Waals surface area contributed by atoms with E-state index < -0.39 is 6.29 Å². The van der Waals surface area contributed by atoms with Gasteiger partial charge in [0.1, 0.15) is 5.82 Å². The first-order chi connectivity index (χ1) is 14.1. The van der Waals surface area contributed by atoms with Crippen molar-refractivity contribution in [3.8, 4) is 0 Å². The van der Waals surface area contributed by atoms with E-state index in [9.17, 15) is 14.3 Å². The van der Waals surface area contributed by atoms with Crippen molar-refractivity contribution in [2.45, 2.75) is 38.5 Å². The van der Waals surface area contributed by atoms with E-state index in [0.29, 0.717) is 13.0 Å². The number of allylic oxidation sites excluding steroid dienone is 1. The Morgan fingerprint density at radius 2 is 2.10 bits per heavy atom. The zero-order chi connectivity index (χ0) is 20.6. The monoisotopic (exact) mass is 419 g/mol. The topological polar surface area (TPSA) is 67.8 Å². The van der Waals surface area contributed by atoms with Gasteiger partial charge in [0.15, 0.2) is 5.76 Å². The molecular formula is C22H26FNO4S. The Hall–Kier alpha value is -2.22. The minimum atomic E-state index is -0.560. The average Bonchev–Trinajstić information content (AvgIpc) is 3.26. The van der Waals surface area contributed by atoms with Crippen molar-refractivity contribution in [3.63, 3.8) is 0 Å². The maximum Gasteiger partial charge on any atom is 0.286 e. The third kappa shape index (κ3) is 5.65. The Labute approximate surface area is 174 Å². The summed E-state index contributed by atoms with van der Waals surface area (Å²) in [5, 5.41) is 14.1. The summed E-state index contributed by atoms with van der Waals surface area (Å²) in [5.41, 5.74) is 0.799. The Morgan fingerprint density at radius 3 is 2.76 bits per heavy atom. The summed E-state index contributed by atoms with van der Waals surface area (Å²) >= 11 is 1.63. The van der Waals surface area contributed by atoms with Gasteiger partial charge in [-0.1, -0.05) is 18.2 Å². The van der Waals surface area contributed by atoms with Gasteiger partial charge in [0, 0.05) is 36.5 Å². The first-order valence-corrected chi connectivity index (χ1v) is 10.7. The molecule has 1 aromatic heterocycles. The Morgan fingerprint density at radius 1 is 1.31 bits per heavy atom. The van der Waals surface area contributed by atoms with Crippen molar-refractivity contribution in [1.82, 2.24) is 5.32 Å². The summed E-state index contributed by atoms with van der Waals surface area (Å²) in [6.07, 6.45) is 2.66. The number of carbonyl (C=O) groups excluding carboxylic acids is 1. The predicted octanol–water partition coefficient (Wildman–Crippen LogP) is 3.95. The maximum absolute atomic E-state index is 13.0. The van der Waals surface area contributed by atoms with E-state index in [2.05, 4.69) is 5.32 Å². The van der Waals surface area contributed by atoms with Crippen molar-refractivity contribution in [2.75, 3.05) is 13.2 Å². The fraction of sp³-hybridized carbons (Fsp3) is 0.409. The van der Waals surface area contributed by atoms with E-state index in [1.54, 1.807) is 23.5 Å². The summed E-state index contributed by atoms with van der Waals surface area (Å²) in [7, 11) is 0. The molecule has 5 nitrogen and oxygen atoms in total. The molecule has 0 radical (unpaired) electrons. The Kier molecular flexibility index (Phi) is 7.80. The molecule has 3 rings (SSSR count). The van der Waals surface area contributed by atoms with Gasteiger partial charge in [-0.2, -0.15) is 0 Å². The van der Waals surface area contributed by atoms with Gasteiger partial charge in [0.25, 0.3) is 5.91 Å². The van der Waals surface area contributed by atoms with Gasteiger partial charge in [-0.3, -0.25) is 4.79 Å². The first kappa shape index (κ1) is 21.5. The quantitative estimate of drug-likeness (QED) is 0.646. The molecule has 1 aliphatic heterocycles. The SMILES string of the molecule is CCO[C@H]1OC(C(=O)NCc2ccc(F)cc2)=C[C@@H](c2cccs2)[C@H]1CCCO. The number of halogens is 1. The number of nitrogens with one attached hydrogen (secondary N) is 1. The number of hydrogen-bond acceptors (Lipinski definition) is 5. The molecule has 0 aliphatic carbocycles. The van der Waals surface area contributed by atoms with Crippen LogP contribution < -0.4 is 5.32 Å². The van der Waals surface area contributed by atoms with Gasteiger partial charge in [0.2, 0.25) is 6.29 Å². The number of aliphatic hydroxyl groups is 1. The number of ether oxygens (including phenoxy) is 2. The van der Waals surface area contributed by atoms with Gasteiger partial charge in [-0.05, 0) is 55.0 Å². The number of carbonyl (C=O) groups is 1. The Bertz CT molecular complexity index is 807. The molecular weight excluding hydrogens is 393 g/mol. The van der Waals surface area contributed by atoms with Crippen LogP contribution in [0.4, 0.5) is 4.39 Å². The van der Waals surface area contributed by atoms with Crippen molar-refractivity contribution in [2.24, 2.45) is 5.92 Å². The number of amides is 1. The summed E-state index contributed by atoms with van der Waals surface area (Å²) < 4.78 is 24.8. The number of hydrogen-bond donors (Lipinski definition) is 2. The maximum atomic E-state index is 13.0. The molecule has 0 saturated carbocycles. The minimum Gasteiger partial charge on any atom is -0.459 e. The van der Waals surface area contributed by atoms with Gasteiger partial charge in [-0.15, -0.1) is 11.3 Å². The molecule has 2 heterocycles. The predicted molar refractivity (Wildman–Crippen MR) is 110 cm³/mol. The molecule has 1 aromatic carbocycles. The number of aliphatic hydroxyl groups excluding tert-OH is 1. The zero-order valence-corrected chi connectivity index (χ0v) is 17.2. The van der Waals surface area contributed by atoms with E-state index >= 15 is 0 Å². The van der Waals surface area contributed by atoms with E-state index in [0.717, 1.165) is 16.9 Å². The van der Waals surface area contributed by atoms with Crippen LogP contribution in [0.25, 0.3) is 0 Å². The lowest BCUT2D eigenvalue weighted by molar-refractivity contribution is -0.166. The van der Waals surface area contributed by atoms with Crippen molar-refractivity contribution in [1.29, 1.82) is 0 Å². The van der Waals surface area contributed by atoms with Crippen molar-refractivity contribution < 1.29 is 23.8 Å². The van der Waals surface area contributed by atoms with Crippen LogP contribution >= 0.6 is 11.3 Å². The molecule has 1 amide bonds. The molecule has 2 N–H and O–H groups in total. The van der Waals surface area contributed by atoms with E-state index in [1.807, 2.05) is 30.5 Å². The van der Waals surface area contributed by atoms with Crippen LogP contribution in [0.3, 0.4) is 0 Å². The normalized spacial score (nSPS) is 21.3. The summed E-state index contributed by atoms with van der Waals surface area (Å²) in [6, 6.07) is 10.0. The minimum absolute atomic E-state index is 0.00870. The van der Waals surface area contributed by atoms with Crippen molar-refractivity contribution >= 4 is 17.2 Å². The molecule has 1 aliphatic rings. The second-order valence-electron chi connectivity index (χ2n) is 6.85. The number of benzene rings is 1. The van der Waals surface area contributed by atoms with E-state index in [-0.39, 0.29) is 42.5 Å². The molecule has 0 spiro atoms. The van der Waals surface area contributed by atoms with Crippen LogP contribution in [-0.2, 0) is 20.8 Å². The zero-order valence-electron chi connectivity index (χ0n) is 16.3. The second-order valence-corrected chi connectivity index (χ2v) is 7.83. The van der Waals surface area contributed by atoms with Gasteiger partial charge in [0.05, 0.1) is 0 Å². The molecule has 29 heavy (non-hydrogen) atoms. The van der Waals surface area contributed by atoms with Crippen LogP contribution in [-0.4, -0.2) is 30.5 Å². The summed E-state index contributed by atoms with van der Waals surface area (Å²) in [6.45, 7) is 2.72. The first-order valence-electron chi connectivity index (χ1n) is 9.79. The molecule has 0 unspecified atom stereocenters. The van der Waals surface area contributed by atoms with Crippen molar-refractivity contribution in [3.05, 3.63) is 69.9 Å². The van der Waals surface area contributed by atoms with Gasteiger partial charge in [-0.25, -0.2) is 4.39 Å². The highest BCUT2D eigenvalue weighted by molar-refractivity contribution is 7.10. The molecule has 0 bridgehead atoms. The molecule has 156 valence electrons. The largest absolute Gasteiger partial charge is 0.459 e. The summed E-state index contributed by atoms with van der Waals surface area (Å²) in [5.74, 6) is -0.441. The molecule has 0 fully saturated rings. The smallest absolute Gasteiger partial charge is 0.286 e. The standard InChI is InChI=1S/C22H26FNO4S/c1-2-27-22-17(5-3-11-25)18(20-6-4-12-29-20)13-19(28-22)21(26)24-14-15-7-9-16(23)10-8-15/h4,6-10,12-13,17-18,22,25H,2-3,5,11,14H2,1H3,(H,24,26)/t17-,18-,22+/m1/s1. The fourth-order valence-electron chi connectivity index (χ4n) is 3.45. The van der Waals surface area contributed by atoms with Crippen LogP contribution in [0, 0.1) is 11.7 Å². The van der Waals surface area contributed by atoms with Crippen LogP contribution in [0.2, 0.25) is 0 Å². The fourth-order valence-corrected chi connectivity index (χ4v) is 4.32. The highest BCUT2D eigenvalue weighted by Gasteiger charge is 2.38. The number of rotatable bonds is 9. The third-order valence-corrected chi connectivity index (χ3v) is 5.85. The van der Waals surface area contributed by atoms with Gasteiger partial charge >= 0.3 is 0 Å². The van der Waals surface area contributed by atoms with Crippen LogP contribution in [0.1, 0.15) is 36.1 Å². The highest BCUT2D eigenvalue weighted by atomic mass is 32.1. The average molecular weight is 420 g/mol. The lowest BCUT2D eigenvalue weighted by Crippen LogP contribution is -2.38. The molecule has 3 atom stereocenters. The van der Waals surface area contributed by atoms with Crippen LogP contribution in [0.5, 0.6) is 0 Å². The summed E-state index contributed by atoms with van der Waals surface area (Å²) in [4.78, 5) is 13.9. The van der Waals surface area contributed by atoms with Crippen LogP contribution in [0.15, 0.2) is 53.6 Å². The molecule has 2 aromatic rings. The Balaban J connectivity index is 1.78. The third-order valence-electron chi connectivity index (χ3n) is 4.87. The molecule has 7 heteroatoms. The van der Waals surface area contributed by atoms with E-state index in [1.165, 1.54) is 12.1 Å². The molecule has 0 saturated heterocycles. The van der Waals surface area contributed by atoms with Gasteiger partial charge < -0.3 is 19.9 Å². The number of thiophene rings is 1.